The minimum Gasteiger partial charge on any atom is -0.310 e. The zero-order valence-electron chi connectivity index (χ0n) is 33.0. The van der Waals surface area contributed by atoms with Gasteiger partial charge in [-0.3, -0.25) is 0 Å². The van der Waals surface area contributed by atoms with E-state index >= 15 is 0 Å². The molecule has 0 aromatic heterocycles. The molecule has 0 aliphatic heterocycles. The van der Waals surface area contributed by atoms with Gasteiger partial charge in [0.1, 0.15) is 0 Å². The molecule has 280 valence electrons. The third-order valence-electron chi connectivity index (χ3n) is 12.9. The molecule has 0 unspecified atom stereocenters. The van der Waals surface area contributed by atoms with Gasteiger partial charge in [0.25, 0.3) is 0 Å². The number of fused-ring (bicyclic) bond motifs is 11. The van der Waals surface area contributed by atoms with Crippen molar-refractivity contribution in [2.75, 3.05) is 4.90 Å². The lowest BCUT2D eigenvalue weighted by Crippen LogP contribution is -2.26. The van der Waals surface area contributed by atoms with Crippen molar-refractivity contribution in [3.05, 3.63) is 259 Å². The highest BCUT2D eigenvalue weighted by Gasteiger charge is 2.51. The summed E-state index contributed by atoms with van der Waals surface area (Å²) in [6.45, 7) is 0. The van der Waals surface area contributed by atoms with Crippen LogP contribution in [0.4, 0.5) is 17.1 Å². The molecule has 0 amide bonds. The molecule has 10 aromatic carbocycles. The fraction of sp³-hybridized carbons (Fsp3) is 0.0169. The van der Waals surface area contributed by atoms with Gasteiger partial charge < -0.3 is 4.90 Å². The molecule has 1 nitrogen and oxygen atoms in total. The summed E-state index contributed by atoms with van der Waals surface area (Å²) in [5, 5.41) is 2.51. The first-order valence-corrected chi connectivity index (χ1v) is 20.8. The monoisotopic (exact) mass is 761 g/mol. The predicted octanol–water partition coefficient (Wildman–Crippen LogP) is 15.7. The number of rotatable bonds is 6. The molecule has 2 aliphatic carbocycles. The van der Waals surface area contributed by atoms with Crippen LogP contribution in [0.5, 0.6) is 0 Å². The average molecular weight is 762 g/mol. The van der Waals surface area contributed by atoms with Crippen LogP contribution in [-0.2, 0) is 5.41 Å². The van der Waals surface area contributed by atoms with Crippen LogP contribution in [0.25, 0.3) is 66.4 Å². The minimum atomic E-state index is -0.419. The Morgan fingerprint density at radius 2 is 0.650 bits per heavy atom. The second kappa shape index (κ2) is 13.7. The maximum Gasteiger partial charge on any atom is 0.0726 e. The van der Waals surface area contributed by atoms with Crippen molar-refractivity contribution in [3.63, 3.8) is 0 Å². The van der Waals surface area contributed by atoms with E-state index in [9.17, 15) is 0 Å². The largest absolute Gasteiger partial charge is 0.310 e. The second-order valence-electron chi connectivity index (χ2n) is 16.1. The highest BCUT2D eigenvalue weighted by Crippen LogP contribution is 2.63. The van der Waals surface area contributed by atoms with Gasteiger partial charge in [-0.2, -0.15) is 0 Å². The fourth-order valence-corrected chi connectivity index (χ4v) is 10.2. The van der Waals surface area contributed by atoms with Gasteiger partial charge in [-0.1, -0.05) is 188 Å². The first-order valence-electron chi connectivity index (χ1n) is 20.8. The second-order valence-corrected chi connectivity index (χ2v) is 16.1. The van der Waals surface area contributed by atoms with Crippen LogP contribution >= 0.6 is 0 Å². The van der Waals surface area contributed by atoms with Gasteiger partial charge in [0.05, 0.1) is 5.41 Å². The first kappa shape index (κ1) is 34.3. The lowest BCUT2D eigenvalue weighted by atomic mass is 9.70. The molecule has 0 atom stereocenters. The van der Waals surface area contributed by atoms with E-state index in [1.54, 1.807) is 0 Å². The average Bonchev–Trinajstić information content (AvgIpc) is 3.79. The zero-order valence-corrected chi connectivity index (χ0v) is 33.0. The van der Waals surface area contributed by atoms with Crippen molar-refractivity contribution in [1.29, 1.82) is 0 Å². The van der Waals surface area contributed by atoms with Crippen LogP contribution in [-0.4, -0.2) is 0 Å². The van der Waals surface area contributed by atoms with E-state index in [0.29, 0.717) is 0 Å². The number of nitrogens with zero attached hydrogens (tertiary/aromatic N) is 1. The zero-order chi connectivity index (χ0) is 39.6. The summed E-state index contributed by atoms with van der Waals surface area (Å²) in [4.78, 5) is 2.42. The van der Waals surface area contributed by atoms with Crippen molar-refractivity contribution in [2.45, 2.75) is 5.41 Å². The van der Waals surface area contributed by atoms with E-state index in [1.807, 2.05) is 0 Å². The Bertz CT molecular complexity index is 3190. The van der Waals surface area contributed by atoms with Crippen molar-refractivity contribution >= 4 is 27.8 Å². The number of hydrogen-bond acceptors (Lipinski definition) is 1. The summed E-state index contributed by atoms with van der Waals surface area (Å²) < 4.78 is 0. The quantitative estimate of drug-likeness (QED) is 0.163. The minimum absolute atomic E-state index is 0.419. The Morgan fingerprint density at radius 3 is 1.27 bits per heavy atom. The summed E-state index contributed by atoms with van der Waals surface area (Å²) in [6, 6.07) is 87.2. The molecule has 1 spiro atoms. The Morgan fingerprint density at radius 1 is 0.233 bits per heavy atom. The van der Waals surface area contributed by atoms with E-state index in [4.69, 9.17) is 0 Å². The number of anilines is 3. The standard InChI is InChI=1S/C59H39N/c1-2-13-40(14-3-1)42-27-31-48(32-28-42)60(49-33-29-43(30-34-49)45-17-12-18-46(37-45)47-26-25-41-15-4-5-16-44(41)38-47)50-35-36-54-53-21-8-11-24-57(53)59(58(54)39-50)55-22-9-6-19-51(55)52-20-7-10-23-56(52)59/h1-39H. The molecule has 1 heteroatoms. The van der Waals surface area contributed by atoms with Crippen LogP contribution in [0, 0.1) is 0 Å². The van der Waals surface area contributed by atoms with Gasteiger partial charge in [-0.05, 0) is 137 Å². The normalized spacial score (nSPS) is 12.8. The van der Waals surface area contributed by atoms with Crippen molar-refractivity contribution in [1.82, 2.24) is 0 Å². The van der Waals surface area contributed by atoms with Gasteiger partial charge in [-0.25, -0.2) is 0 Å². The summed E-state index contributed by atoms with van der Waals surface area (Å²) in [5.41, 5.74) is 20.8. The van der Waals surface area contributed by atoms with Crippen molar-refractivity contribution < 1.29 is 0 Å². The summed E-state index contributed by atoms with van der Waals surface area (Å²) >= 11 is 0. The molecule has 0 fully saturated rings. The number of hydrogen-bond donors (Lipinski definition) is 0. The summed E-state index contributed by atoms with van der Waals surface area (Å²) in [6.07, 6.45) is 0. The molecular formula is C59H39N. The summed E-state index contributed by atoms with van der Waals surface area (Å²) in [5.74, 6) is 0. The van der Waals surface area contributed by atoms with Gasteiger partial charge in [0.15, 0.2) is 0 Å². The Balaban J connectivity index is 0.999. The highest BCUT2D eigenvalue weighted by atomic mass is 15.1. The van der Waals surface area contributed by atoms with E-state index in [-0.39, 0.29) is 0 Å². The molecule has 0 saturated heterocycles. The van der Waals surface area contributed by atoms with E-state index in [2.05, 4.69) is 241 Å². The molecule has 0 radical (unpaired) electrons. The molecule has 0 N–H and O–H groups in total. The highest BCUT2D eigenvalue weighted by molar-refractivity contribution is 5.96. The Kier molecular flexibility index (Phi) is 7.83. The number of benzene rings is 10. The van der Waals surface area contributed by atoms with Gasteiger partial charge in [0, 0.05) is 17.1 Å². The smallest absolute Gasteiger partial charge is 0.0726 e. The topological polar surface area (TPSA) is 3.24 Å². The SMILES string of the molecule is c1ccc(-c2ccc(N(c3ccc(-c4cccc(-c5ccc6ccccc6c5)c4)cc3)c3ccc4c(c3)C3(c5ccccc5-c5ccccc53)c3ccccc3-4)cc2)cc1. The molecule has 10 aromatic rings. The van der Waals surface area contributed by atoms with Crippen molar-refractivity contribution in [3.8, 4) is 55.6 Å². The molecule has 60 heavy (non-hydrogen) atoms. The van der Waals surface area contributed by atoms with Crippen LogP contribution in [0.2, 0.25) is 0 Å². The van der Waals surface area contributed by atoms with Crippen LogP contribution in [0.3, 0.4) is 0 Å². The van der Waals surface area contributed by atoms with E-state index in [1.165, 1.54) is 88.7 Å². The fourth-order valence-electron chi connectivity index (χ4n) is 10.2. The van der Waals surface area contributed by atoms with Gasteiger partial charge in [-0.15, -0.1) is 0 Å². The van der Waals surface area contributed by atoms with Gasteiger partial charge >= 0.3 is 0 Å². The first-order chi connectivity index (χ1) is 29.7. The van der Waals surface area contributed by atoms with Crippen molar-refractivity contribution in [2.24, 2.45) is 0 Å². The summed E-state index contributed by atoms with van der Waals surface area (Å²) in [7, 11) is 0. The lowest BCUT2D eigenvalue weighted by molar-refractivity contribution is 0.793. The van der Waals surface area contributed by atoms with Crippen LogP contribution in [0.15, 0.2) is 237 Å². The predicted molar refractivity (Wildman–Crippen MR) is 251 cm³/mol. The molecular weight excluding hydrogens is 723 g/mol. The van der Waals surface area contributed by atoms with E-state index in [0.717, 1.165) is 17.1 Å². The molecule has 12 rings (SSSR count). The maximum atomic E-state index is 2.47. The van der Waals surface area contributed by atoms with E-state index < -0.39 is 5.41 Å². The van der Waals surface area contributed by atoms with Gasteiger partial charge in [0.2, 0.25) is 0 Å². The maximum absolute atomic E-state index is 2.47. The third-order valence-corrected chi connectivity index (χ3v) is 12.9. The lowest BCUT2D eigenvalue weighted by Gasteiger charge is -2.32. The molecule has 0 saturated carbocycles. The van der Waals surface area contributed by atoms with Crippen LogP contribution < -0.4 is 4.90 Å². The Labute approximate surface area is 351 Å². The molecule has 2 aliphatic rings. The third kappa shape index (κ3) is 5.26. The van der Waals surface area contributed by atoms with Crippen LogP contribution in [0.1, 0.15) is 22.3 Å². The Hall–Kier alpha value is -7.74. The molecule has 0 bridgehead atoms. The molecule has 0 heterocycles.